The van der Waals surface area contributed by atoms with Crippen LogP contribution in [0.25, 0.3) is 0 Å². The van der Waals surface area contributed by atoms with Gasteiger partial charge >= 0.3 is 11.9 Å². The molecule has 1 aromatic heterocycles. The third-order valence-corrected chi connectivity index (χ3v) is 6.20. The minimum Gasteiger partial charge on any atom is -0.463 e. The van der Waals surface area contributed by atoms with Crippen LogP contribution >= 0.6 is 23.2 Å². The largest absolute Gasteiger partial charge is 0.463 e. The number of carbonyl (C=O) groups is 2. The highest BCUT2D eigenvalue weighted by Crippen LogP contribution is 2.31. The van der Waals surface area contributed by atoms with Gasteiger partial charge < -0.3 is 13.9 Å². The van der Waals surface area contributed by atoms with Crippen molar-refractivity contribution < 1.29 is 31.9 Å². The molecular weight excluding hydrogens is 433 g/mol. The smallest absolute Gasteiger partial charge is 0.374 e. The van der Waals surface area contributed by atoms with E-state index in [4.69, 9.17) is 32.4 Å². The molecule has 0 amide bonds. The van der Waals surface area contributed by atoms with Crippen molar-refractivity contribution in [1.29, 1.82) is 0 Å². The van der Waals surface area contributed by atoms with Crippen LogP contribution in [-0.2, 0) is 26.1 Å². The number of methoxy groups -OCH3 is 1. The van der Waals surface area contributed by atoms with Crippen LogP contribution in [-0.4, -0.2) is 33.5 Å². The van der Waals surface area contributed by atoms with Crippen molar-refractivity contribution in [2.45, 2.75) is 30.4 Å². The fourth-order valence-corrected chi connectivity index (χ4v) is 4.47. The summed E-state index contributed by atoms with van der Waals surface area (Å²) in [6.45, 7) is -0.304. The van der Waals surface area contributed by atoms with Crippen molar-refractivity contribution in [3.05, 3.63) is 51.4 Å². The molecule has 150 valence electrons. The first kappa shape index (κ1) is 20.7. The van der Waals surface area contributed by atoms with Crippen molar-refractivity contribution in [2.24, 2.45) is 0 Å². The molecule has 0 spiro atoms. The molecule has 1 aliphatic carbocycles. The minimum absolute atomic E-state index is 0.0687. The van der Waals surface area contributed by atoms with Crippen molar-refractivity contribution in [3.63, 3.8) is 0 Å². The van der Waals surface area contributed by atoms with Crippen LogP contribution in [0.15, 0.2) is 33.8 Å². The van der Waals surface area contributed by atoms with Gasteiger partial charge in [0, 0.05) is 11.6 Å². The van der Waals surface area contributed by atoms with Crippen LogP contribution in [0.2, 0.25) is 10.0 Å². The van der Waals surface area contributed by atoms with E-state index in [2.05, 4.69) is 9.46 Å². The van der Waals surface area contributed by atoms with Gasteiger partial charge in [0.25, 0.3) is 0 Å². The lowest BCUT2D eigenvalue weighted by Crippen LogP contribution is -2.26. The molecule has 0 unspecified atom stereocenters. The molecular formula is C17H15Cl2NO7S. The van der Waals surface area contributed by atoms with Gasteiger partial charge in [-0.05, 0) is 31.0 Å². The van der Waals surface area contributed by atoms with E-state index in [1.165, 1.54) is 25.5 Å². The summed E-state index contributed by atoms with van der Waals surface area (Å²) < 4.78 is 42.1. The van der Waals surface area contributed by atoms with E-state index in [0.29, 0.717) is 0 Å². The van der Waals surface area contributed by atoms with Gasteiger partial charge in [0.2, 0.25) is 15.8 Å². The zero-order chi connectivity index (χ0) is 20.5. The van der Waals surface area contributed by atoms with Gasteiger partial charge in [0.1, 0.15) is 11.5 Å². The molecule has 1 aromatic carbocycles. The normalized spacial score (nSPS) is 14.0. The van der Waals surface area contributed by atoms with Crippen LogP contribution < -0.4 is 4.72 Å². The SMILES string of the molecule is COC(=O)c1occc1COC(=O)c1cc(S(=O)(=O)NC2CC2)c(Cl)cc1Cl. The fourth-order valence-electron chi connectivity index (χ4n) is 2.32. The number of furan rings is 1. The van der Waals surface area contributed by atoms with Gasteiger partial charge in [-0.25, -0.2) is 22.7 Å². The van der Waals surface area contributed by atoms with E-state index in [1.54, 1.807) is 0 Å². The monoisotopic (exact) mass is 447 g/mol. The minimum atomic E-state index is -3.90. The third-order valence-electron chi connectivity index (χ3n) is 3.91. The first-order chi connectivity index (χ1) is 13.2. The Morgan fingerprint density at radius 2 is 1.93 bits per heavy atom. The van der Waals surface area contributed by atoms with E-state index in [0.717, 1.165) is 18.9 Å². The first-order valence-electron chi connectivity index (χ1n) is 8.06. The van der Waals surface area contributed by atoms with Crippen LogP contribution in [0.5, 0.6) is 0 Å². The molecule has 1 saturated carbocycles. The number of halogens is 2. The predicted octanol–water partition coefficient (Wildman–Crippen LogP) is 3.17. The second-order valence-electron chi connectivity index (χ2n) is 6.00. The number of benzene rings is 1. The van der Waals surface area contributed by atoms with Crippen LogP contribution in [0, 0.1) is 0 Å². The number of hydrogen-bond donors (Lipinski definition) is 1. The second kappa shape index (κ2) is 8.12. The Morgan fingerprint density at radius 1 is 1.21 bits per heavy atom. The first-order valence-corrected chi connectivity index (χ1v) is 10.3. The Balaban J connectivity index is 1.81. The van der Waals surface area contributed by atoms with Crippen molar-refractivity contribution in [3.8, 4) is 0 Å². The molecule has 28 heavy (non-hydrogen) atoms. The number of carbonyl (C=O) groups excluding carboxylic acids is 2. The quantitative estimate of drug-likeness (QED) is 0.648. The lowest BCUT2D eigenvalue weighted by molar-refractivity contribution is 0.0453. The highest BCUT2D eigenvalue weighted by Gasteiger charge is 2.30. The maximum Gasteiger partial charge on any atom is 0.374 e. The molecule has 0 atom stereocenters. The molecule has 8 nitrogen and oxygen atoms in total. The third kappa shape index (κ3) is 4.49. The number of esters is 2. The summed E-state index contributed by atoms with van der Waals surface area (Å²) in [5.74, 6) is -1.71. The zero-order valence-corrected chi connectivity index (χ0v) is 16.9. The Kier molecular flexibility index (Phi) is 5.99. The van der Waals surface area contributed by atoms with Crippen molar-refractivity contribution >= 4 is 45.2 Å². The van der Waals surface area contributed by atoms with Gasteiger partial charge in [0.15, 0.2) is 0 Å². The van der Waals surface area contributed by atoms with Gasteiger partial charge in [0.05, 0.1) is 29.0 Å². The van der Waals surface area contributed by atoms with E-state index in [9.17, 15) is 18.0 Å². The predicted molar refractivity (Wildman–Crippen MR) is 99.0 cm³/mol. The molecule has 0 aliphatic heterocycles. The lowest BCUT2D eigenvalue weighted by Gasteiger charge is -2.11. The summed E-state index contributed by atoms with van der Waals surface area (Å²) in [5, 5.41) is -0.182. The molecule has 1 fully saturated rings. The topological polar surface area (TPSA) is 112 Å². The summed E-state index contributed by atoms with van der Waals surface area (Å²) in [6, 6.07) is 3.54. The van der Waals surface area contributed by atoms with Crippen LogP contribution in [0.4, 0.5) is 0 Å². The number of hydrogen-bond acceptors (Lipinski definition) is 7. The van der Waals surface area contributed by atoms with Gasteiger partial charge in [-0.3, -0.25) is 0 Å². The molecule has 0 saturated heterocycles. The molecule has 3 rings (SSSR count). The number of ether oxygens (including phenoxy) is 2. The van der Waals surface area contributed by atoms with Gasteiger partial charge in [-0.15, -0.1) is 0 Å². The van der Waals surface area contributed by atoms with Crippen LogP contribution in [0.1, 0.15) is 39.3 Å². The summed E-state index contributed by atoms with van der Waals surface area (Å²) >= 11 is 12.0. The second-order valence-corrected chi connectivity index (χ2v) is 8.50. The Morgan fingerprint density at radius 3 is 2.57 bits per heavy atom. The maximum absolute atomic E-state index is 12.4. The van der Waals surface area contributed by atoms with E-state index in [-0.39, 0.29) is 44.5 Å². The molecule has 1 aliphatic rings. The molecule has 1 N–H and O–H groups in total. The highest BCUT2D eigenvalue weighted by atomic mass is 35.5. The van der Waals surface area contributed by atoms with E-state index >= 15 is 0 Å². The van der Waals surface area contributed by atoms with Crippen molar-refractivity contribution in [1.82, 2.24) is 4.72 Å². The number of sulfonamides is 1. The summed E-state index contributed by atoms with van der Waals surface area (Å²) in [5.41, 5.74) is 0.110. The average Bonchev–Trinajstić information content (AvgIpc) is 3.31. The number of nitrogens with one attached hydrogen (secondary N) is 1. The van der Waals surface area contributed by atoms with Gasteiger partial charge in [-0.2, -0.15) is 0 Å². The van der Waals surface area contributed by atoms with Crippen molar-refractivity contribution in [2.75, 3.05) is 7.11 Å². The molecule has 0 bridgehead atoms. The molecule has 2 aromatic rings. The Bertz CT molecular complexity index is 1030. The average molecular weight is 448 g/mol. The molecule has 0 radical (unpaired) electrons. The van der Waals surface area contributed by atoms with Gasteiger partial charge in [-0.1, -0.05) is 23.2 Å². The highest BCUT2D eigenvalue weighted by molar-refractivity contribution is 7.89. The maximum atomic E-state index is 12.4. The summed E-state index contributed by atoms with van der Waals surface area (Å²) in [6.07, 6.45) is 2.73. The summed E-state index contributed by atoms with van der Waals surface area (Å²) in [4.78, 5) is 23.7. The van der Waals surface area contributed by atoms with E-state index < -0.39 is 22.0 Å². The Labute approximate surface area is 170 Å². The van der Waals surface area contributed by atoms with E-state index in [1.807, 2.05) is 0 Å². The molecule has 1 heterocycles. The number of rotatable bonds is 7. The fraction of sp³-hybridized carbons (Fsp3) is 0.294. The molecule has 11 heteroatoms. The Hall–Kier alpha value is -2.07. The summed E-state index contributed by atoms with van der Waals surface area (Å²) in [7, 11) is -2.72. The van der Waals surface area contributed by atoms with Crippen LogP contribution in [0.3, 0.4) is 0 Å². The standard InChI is InChI=1S/C17H15Cl2NO7S/c1-25-17(22)15-9(4-5-26-15)8-27-16(21)11-6-14(13(19)7-12(11)18)28(23,24)20-10-2-3-10/h4-7,10,20H,2-3,8H2,1H3. The lowest BCUT2D eigenvalue weighted by atomic mass is 10.2. The zero-order valence-electron chi connectivity index (χ0n) is 14.5.